The first-order valence-corrected chi connectivity index (χ1v) is 11.6. The fraction of sp³-hybridized carbons (Fsp3) is 0.423. The Morgan fingerprint density at radius 1 is 1.03 bits per heavy atom. The lowest BCUT2D eigenvalue weighted by atomic mass is 9.92. The third-order valence-electron chi connectivity index (χ3n) is 6.81. The molecule has 1 atom stereocenters. The number of aliphatic carboxylic acids is 1. The van der Waals surface area contributed by atoms with Gasteiger partial charge in [0.05, 0.1) is 5.54 Å². The van der Waals surface area contributed by atoms with E-state index in [9.17, 15) is 19.5 Å². The normalized spacial score (nSPS) is 17.0. The smallest absolute Gasteiger partial charge is 0.407 e. The Hall–Kier alpha value is -3.35. The van der Waals surface area contributed by atoms with Gasteiger partial charge in [-0.3, -0.25) is 4.79 Å². The van der Waals surface area contributed by atoms with Gasteiger partial charge in [-0.2, -0.15) is 0 Å². The Morgan fingerprint density at radius 3 is 2.15 bits per heavy atom. The fourth-order valence-corrected chi connectivity index (χ4v) is 5.14. The van der Waals surface area contributed by atoms with E-state index < -0.39 is 23.6 Å². The number of rotatable bonds is 8. The zero-order valence-corrected chi connectivity index (χ0v) is 18.8. The highest BCUT2D eigenvalue weighted by atomic mass is 16.5. The highest BCUT2D eigenvalue weighted by Gasteiger charge is 2.39. The number of amides is 2. The average molecular weight is 451 g/mol. The van der Waals surface area contributed by atoms with Crippen molar-refractivity contribution in [1.29, 1.82) is 0 Å². The summed E-state index contributed by atoms with van der Waals surface area (Å²) in [5, 5.41) is 14.7. The number of carboxylic acids is 1. The van der Waals surface area contributed by atoms with Gasteiger partial charge in [-0.25, -0.2) is 9.59 Å². The summed E-state index contributed by atoms with van der Waals surface area (Å²) in [4.78, 5) is 36.6. The van der Waals surface area contributed by atoms with Crippen LogP contribution >= 0.6 is 0 Å². The molecule has 0 saturated heterocycles. The van der Waals surface area contributed by atoms with Crippen LogP contribution in [-0.2, 0) is 14.3 Å². The number of hydrogen-bond donors (Lipinski definition) is 3. The summed E-state index contributed by atoms with van der Waals surface area (Å²) in [6.45, 7) is 1.92. The molecule has 0 aromatic heterocycles. The van der Waals surface area contributed by atoms with Crippen molar-refractivity contribution in [2.45, 2.75) is 62.9 Å². The van der Waals surface area contributed by atoms with Crippen LogP contribution in [-0.4, -0.2) is 41.3 Å². The van der Waals surface area contributed by atoms with Crippen LogP contribution in [0.4, 0.5) is 4.79 Å². The third-order valence-corrected chi connectivity index (χ3v) is 6.81. The first kappa shape index (κ1) is 22.8. The van der Waals surface area contributed by atoms with Crippen LogP contribution in [0.5, 0.6) is 0 Å². The maximum absolute atomic E-state index is 12.8. The molecule has 33 heavy (non-hydrogen) atoms. The van der Waals surface area contributed by atoms with Crippen LogP contribution in [0.3, 0.4) is 0 Å². The van der Waals surface area contributed by atoms with Gasteiger partial charge in [0.2, 0.25) is 5.91 Å². The second kappa shape index (κ2) is 9.65. The number of carbonyl (C=O) groups excluding carboxylic acids is 2. The largest absolute Gasteiger partial charge is 0.480 e. The minimum absolute atomic E-state index is 0.0353. The van der Waals surface area contributed by atoms with Crippen molar-refractivity contribution in [3.8, 4) is 11.1 Å². The number of ether oxygens (including phenoxy) is 1. The van der Waals surface area contributed by atoms with Crippen molar-refractivity contribution in [2.75, 3.05) is 6.61 Å². The molecule has 7 nitrogen and oxygen atoms in total. The highest BCUT2D eigenvalue weighted by Crippen LogP contribution is 2.44. The molecule has 0 unspecified atom stereocenters. The SMILES string of the molecule is CC[C@@H](NC(=O)CC1(NC(=O)OCC2c3ccccc3-c3ccccc32)CCCC1)C(=O)O. The standard InChI is InChI=1S/C26H30N2O5/c1-2-22(24(30)31)27-23(29)15-26(13-7-8-14-26)28-25(32)33-16-21-19-11-5-3-9-17(19)18-10-4-6-12-20(18)21/h3-6,9-12,21-22H,2,7-8,13-16H2,1H3,(H,27,29)(H,28,32)(H,30,31)/t22-/m1/s1. The molecule has 2 aliphatic carbocycles. The number of carboxylic acid groups (broad SMARTS) is 1. The van der Waals surface area contributed by atoms with Gasteiger partial charge in [-0.1, -0.05) is 68.3 Å². The van der Waals surface area contributed by atoms with Crippen LogP contribution in [0.25, 0.3) is 11.1 Å². The molecule has 2 aromatic carbocycles. The van der Waals surface area contributed by atoms with Gasteiger partial charge >= 0.3 is 12.1 Å². The van der Waals surface area contributed by atoms with Crippen LogP contribution in [0.15, 0.2) is 48.5 Å². The molecule has 2 amide bonds. The van der Waals surface area contributed by atoms with Crippen LogP contribution < -0.4 is 10.6 Å². The summed E-state index contributed by atoms with van der Waals surface area (Å²) < 4.78 is 5.67. The number of fused-ring (bicyclic) bond motifs is 3. The van der Waals surface area contributed by atoms with Gasteiger partial charge < -0.3 is 20.5 Å². The lowest BCUT2D eigenvalue weighted by Gasteiger charge is -2.30. The Morgan fingerprint density at radius 2 is 1.61 bits per heavy atom. The van der Waals surface area contributed by atoms with Crippen molar-refractivity contribution in [2.24, 2.45) is 0 Å². The van der Waals surface area contributed by atoms with E-state index in [0.29, 0.717) is 19.3 Å². The molecular formula is C26H30N2O5. The van der Waals surface area contributed by atoms with E-state index in [1.54, 1.807) is 6.92 Å². The molecule has 3 N–H and O–H groups in total. The summed E-state index contributed by atoms with van der Waals surface area (Å²) in [5.41, 5.74) is 3.90. The van der Waals surface area contributed by atoms with Crippen molar-refractivity contribution in [3.63, 3.8) is 0 Å². The Balaban J connectivity index is 1.40. The molecule has 2 aromatic rings. The van der Waals surface area contributed by atoms with Gasteiger partial charge in [-0.15, -0.1) is 0 Å². The molecule has 7 heteroatoms. The predicted octanol–water partition coefficient (Wildman–Crippen LogP) is 4.21. The van der Waals surface area contributed by atoms with Gasteiger partial charge in [-0.05, 0) is 41.5 Å². The molecular weight excluding hydrogens is 420 g/mol. The Bertz CT molecular complexity index is 999. The lowest BCUT2D eigenvalue weighted by molar-refractivity contribution is -0.142. The molecule has 1 saturated carbocycles. The van der Waals surface area contributed by atoms with E-state index in [-0.39, 0.29) is 24.9 Å². The molecule has 0 aliphatic heterocycles. The maximum atomic E-state index is 12.8. The van der Waals surface area contributed by atoms with Crippen LogP contribution in [0, 0.1) is 0 Å². The molecule has 0 heterocycles. The van der Waals surface area contributed by atoms with Crippen molar-refractivity contribution >= 4 is 18.0 Å². The molecule has 2 aliphatic rings. The van der Waals surface area contributed by atoms with E-state index >= 15 is 0 Å². The third kappa shape index (κ3) is 4.87. The van der Waals surface area contributed by atoms with Gasteiger partial charge in [0.1, 0.15) is 12.6 Å². The van der Waals surface area contributed by atoms with Crippen molar-refractivity contribution in [3.05, 3.63) is 59.7 Å². The van der Waals surface area contributed by atoms with Crippen LogP contribution in [0.2, 0.25) is 0 Å². The molecule has 0 spiro atoms. The van der Waals surface area contributed by atoms with E-state index in [2.05, 4.69) is 34.9 Å². The molecule has 0 bridgehead atoms. The molecule has 4 rings (SSSR count). The number of hydrogen-bond acceptors (Lipinski definition) is 4. The monoisotopic (exact) mass is 450 g/mol. The van der Waals surface area contributed by atoms with Gasteiger partial charge in [0.25, 0.3) is 0 Å². The van der Waals surface area contributed by atoms with Gasteiger partial charge in [0.15, 0.2) is 0 Å². The average Bonchev–Trinajstić information content (AvgIpc) is 3.38. The van der Waals surface area contributed by atoms with E-state index in [1.807, 2.05) is 24.3 Å². The summed E-state index contributed by atoms with van der Waals surface area (Å²) in [6, 6.07) is 15.4. The number of nitrogens with one attached hydrogen (secondary N) is 2. The quantitative estimate of drug-likeness (QED) is 0.559. The Labute approximate surface area is 193 Å². The number of carbonyl (C=O) groups is 3. The second-order valence-electron chi connectivity index (χ2n) is 8.98. The predicted molar refractivity (Wildman–Crippen MR) is 124 cm³/mol. The minimum atomic E-state index is -1.06. The van der Waals surface area contributed by atoms with E-state index in [1.165, 1.54) is 0 Å². The zero-order valence-electron chi connectivity index (χ0n) is 18.8. The summed E-state index contributed by atoms with van der Waals surface area (Å²) in [6.07, 6.45) is 2.91. The minimum Gasteiger partial charge on any atom is -0.480 e. The molecule has 0 radical (unpaired) electrons. The summed E-state index contributed by atoms with van der Waals surface area (Å²) >= 11 is 0. The topological polar surface area (TPSA) is 105 Å². The Kier molecular flexibility index (Phi) is 6.67. The van der Waals surface area contributed by atoms with Crippen LogP contribution in [0.1, 0.15) is 62.5 Å². The van der Waals surface area contributed by atoms with E-state index in [0.717, 1.165) is 35.1 Å². The number of benzene rings is 2. The lowest BCUT2D eigenvalue weighted by Crippen LogP contribution is -2.51. The maximum Gasteiger partial charge on any atom is 0.407 e. The highest BCUT2D eigenvalue weighted by molar-refractivity contribution is 5.84. The molecule has 174 valence electrons. The first-order valence-electron chi connectivity index (χ1n) is 11.6. The first-order chi connectivity index (χ1) is 15.9. The van der Waals surface area contributed by atoms with Crippen molar-refractivity contribution in [1.82, 2.24) is 10.6 Å². The van der Waals surface area contributed by atoms with Gasteiger partial charge in [0, 0.05) is 12.3 Å². The van der Waals surface area contributed by atoms with E-state index in [4.69, 9.17) is 4.74 Å². The van der Waals surface area contributed by atoms with Crippen molar-refractivity contribution < 1.29 is 24.2 Å². The molecule has 1 fully saturated rings. The zero-order chi connectivity index (χ0) is 23.4. The fourth-order valence-electron chi connectivity index (χ4n) is 5.14. The summed E-state index contributed by atoms with van der Waals surface area (Å²) in [7, 11) is 0. The number of alkyl carbamates (subject to hydrolysis) is 1. The second-order valence-corrected chi connectivity index (χ2v) is 8.98. The summed E-state index contributed by atoms with van der Waals surface area (Å²) in [5.74, 6) is -1.47.